The van der Waals surface area contributed by atoms with Crippen LogP contribution in [0.1, 0.15) is 31.2 Å². The van der Waals surface area contributed by atoms with Crippen molar-refractivity contribution in [2.45, 2.75) is 31.7 Å². The summed E-state index contributed by atoms with van der Waals surface area (Å²) in [6.45, 7) is 2.86. The lowest BCUT2D eigenvalue weighted by Crippen LogP contribution is -2.41. The molecule has 1 unspecified atom stereocenters. The highest BCUT2D eigenvalue weighted by Gasteiger charge is 2.30. The number of nitrogens with one attached hydrogen (secondary N) is 1. The molecule has 1 fully saturated rings. The Morgan fingerprint density at radius 2 is 2.11 bits per heavy atom. The van der Waals surface area contributed by atoms with Gasteiger partial charge in [0.15, 0.2) is 0 Å². The highest BCUT2D eigenvalue weighted by Crippen LogP contribution is 2.39. The van der Waals surface area contributed by atoms with Gasteiger partial charge in [-0.1, -0.05) is 41.1 Å². The molecular weight excluding hydrogens is 310 g/mol. The van der Waals surface area contributed by atoms with E-state index in [-0.39, 0.29) is 0 Å². The van der Waals surface area contributed by atoms with Gasteiger partial charge in [-0.25, -0.2) is 0 Å². The van der Waals surface area contributed by atoms with Gasteiger partial charge in [-0.3, -0.25) is 4.21 Å². The molecule has 0 amide bonds. The summed E-state index contributed by atoms with van der Waals surface area (Å²) in [5, 5.41) is 3.50. The molecule has 4 heteroatoms. The third kappa shape index (κ3) is 3.65. The van der Waals surface area contributed by atoms with Gasteiger partial charge in [0.2, 0.25) is 0 Å². The Kier molecular flexibility index (Phi) is 5.39. The molecular formula is C14H20BrNOS. The second-order valence-electron chi connectivity index (χ2n) is 4.77. The van der Waals surface area contributed by atoms with Crippen LogP contribution in [0.3, 0.4) is 0 Å². The summed E-state index contributed by atoms with van der Waals surface area (Å²) in [5.41, 5.74) is 1.42. The molecule has 0 heterocycles. The van der Waals surface area contributed by atoms with Crippen LogP contribution in [0.4, 0.5) is 0 Å². The van der Waals surface area contributed by atoms with E-state index >= 15 is 0 Å². The third-order valence-corrected chi connectivity index (χ3v) is 5.59. The van der Waals surface area contributed by atoms with Crippen LogP contribution in [-0.4, -0.2) is 28.3 Å². The first-order valence-electron chi connectivity index (χ1n) is 6.53. The van der Waals surface area contributed by atoms with Crippen molar-refractivity contribution in [2.75, 3.05) is 18.1 Å². The fourth-order valence-corrected chi connectivity index (χ4v) is 3.61. The van der Waals surface area contributed by atoms with E-state index in [1.807, 2.05) is 6.92 Å². The van der Waals surface area contributed by atoms with Crippen molar-refractivity contribution in [3.8, 4) is 0 Å². The smallest absolute Gasteiger partial charge is 0.0360 e. The molecule has 1 saturated carbocycles. The van der Waals surface area contributed by atoms with Crippen LogP contribution in [0.2, 0.25) is 0 Å². The molecule has 0 saturated heterocycles. The van der Waals surface area contributed by atoms with Crippen LogP contribution in [0.25, 0.3) is 0 Å². The predicted molar refractivity (Wildman–Crippen MR) is 81.5 cm³/mol. The Labute approximate surface area is 120 Å². The molecule has 1 aromatic carbocycles. The largest absolute Gasteiger partial charge is 0.313 e. The van der Waals surface area contributed by atoms with Crippen molar-refractivity contribution < 1.29 is 4.21 Å². The summed E-state index contributed by atoms with van der Waals surface area (Å²) in [5.74, 6) is 2.23. The van der Waals surface area contributed by atoms with E-state index < -0.39 is 10.8 Å². The van der Waals surface area contributed by atoms with Gasteiger partial charge in [0, 0.05) is 39.4 Å². The van der Waals surface area contributed by atoms with Crippen molar-refractivity contribution in [1.29, 1.82) is 0 Å². The first-order valence-corrected chi connectivity index (χ1v) is 8.81. The highest BCUT2D eigenvalue weighted by atomic mass is 79.9. The van der Waals surface area contributed by atoms with E-state index in [2.05, 4.69) is 45.5 Å². The minimum absolute atomic E-state index is 0.607. The Balaban J connectivity index is 1.71. The van der Waals surface area contributed by atoms with Crippen LogP contribution in [0.15, 0.2) is 28.7 Å². The first kappa shape index (κ1) is 14.2. The van der Waals surface area contributed by atoms with Crippen LogP contribution in [-0.2, 0) is 10.8 Å². The Hall–Kier alpha value is -0.190. The molecule has 0 spiro atoms. The molecule has 2 nitrogen and oxygen atoms in total. The molecule has 100 valence electrons. The quantitative estimate of drug-likeness (QED) is 0.869. The Morgan fingerprint density at radius 3 is 2.78 bits per heavy atom. The molecule has 0 bridgehead atoms. The molecule has 1 N–H and O–H groups in total. The lowest BCUT2D eigenvalue weighted by molar-refractivity contribution is 0.295. The molecule has 18 heavy (non-hydrogen) atoms. The van der Waals surface area contributed by atoms with Crippen molar-refractivity contribution >= 4 is 26.7 Å². The molecule has 2 rings (SSSR count). The highest BCUT2D eigenvalue weighted by molar-refractivity contribution is 9.10. The normalized spacial score (nSPS) is 24.6. The molecule has 1 aliphatic rings. The van der Waals surface area contributed by atoms with Gasteiger partial charge in [-0.15, -0.1) is 0 Å². The molecule has 0 aromatic heterocycles. The lowest BCUT2D eigenvalue weighted by atomic mass is 9.76. The monoisotopic (exact) mass is 329 g/mol. The van der Waals surface area contributed by atoms with E-state index in [0.29, 0.717) is 12.0 Å². The number of hydrogen-bond acceptors (Lipinski definition) is 2. The van der Waals surface area contributed by atoms with E-state index in [0.717, 1.165) is 18.1 Å². The second kappa shape index (κ2) is 6.83. The van der Waals surface area contributed by atoms with Crippen molar-refractivity contribution in [2.24, 2.45) is 0 Å². The average Bonchev–Trinajstić information content (AvgIpc) is 2.33. The summed E-state index contributed by atoms with van der Waals surface area (Å²) < 4.78 is 12.5. The molecule has 1 aliphatic carbocycles. The van der Waals surface area contributed by atoms with Crippen molar-refractivity contribution in [1.82, 2.24) is 5.32 Å². The number of benzene rings is 1. The average molecular weight is 330 g/mol. The maximum Gasteiger partial charge on any atom is 0.0360 e. The number of hydrogen-bond donors (Lipinski definition) is 1. The summed E-state index contributed by atoms with van der Waals surface area (Å²) in [6.07, 6.45) is 2.39. The molecule has 0 radical (unpaired) electrons. The molecule has 0 aliphatic heterocycles. The molecule has 1 atom stereocenters. The van der Waals surface area contributed by atoms with E-state index in [9.17, 15) is 4.21 Å². The maximum absolute atomic E-state index is 11.3. The summed E-state index contributed by atoms with van der Waals surface area (Å²) >= 11 is 3.61. The van der Waals surface area contributed by atoms with Crippen LogP contribution in [0.5, 0.6) is 0 Å². The van der Waals surface area contributed by atoms with Crippen molar-refractivity contribution in [3.63, 3.8) is 0 Å². The third-order valence-electron chi connectivity index (χ3n) is 3.57. The van der Waals surface area contributed by atoms with E-state index in [1.54, 1.807) is 0 Å². The standard InChI is InChI=1S/C14H20BrNOS/c1-2-18(17)8-7-16-12-9-11(10-12)13-5-3-4-6-14(13)15/h3-6,11-12,16H,2,7-10H2,1H3. The van der Waals surface area contributed by atoms with Gasteiger partial charge < -0.3 is 5.32 Å². The Bertz CT molecular complexity index is 418. The topological polar surface area (TPSA) is 29.1 Å². The van der Waals surface area contributed by atoms with E-state index in [1.165, 1.54) is 22.9 Å². The zero-order chi connectivity index (χ0) is 13.0. The predicted octanol–water partition coefficient (Wildman–Crippen LogP) is 3.05. The van der Waals surface area contributed by atoms with Crippen LogP contribution >= 0.6 is 15.9 Å². The zero-order valence-electron chi connectivity index (χ0n) is 10.7. The van der Waals surface area contributed by atoms with Crippen LogP contribution in [0, 0.1) is 0 Å². The first-order chi connectivity index (χ1) is 8.70. The summed E-state index contributed by atoms with van der Waals surface area (Å²) in [4.78, 5) is 0. The summed E-state index contributed by atoms with van der Waals surface area (Å²) in [6, 6.07) is 9.08. The lowest BCUT2D eigenvalue weighted by Gasteiger charge is -2.37. The zero-order valence-corrected chi connectivity index (χ0v) is 13.1. The fraction of sp³-hybridized carbons (Fsp3) is 0.571. The van der Waals surface area contributed by atoms with E-state index in [4.69, 9.17) is 0 Å². The Morgan fingerprint density at radius 1 is 1.39 bits per heavy atom. The van der Waals surface area contributed by atoms with Gasteiger partial charge in [0.05, 0.1) is 0 Å². The second-order valence-corrected chi connectivity index (χ2v) is 7.49. The molecule has 1 aromatic rings. The van der Waals surface area contributed by atoms with Crippen LogP contribution < -0.4 is 5.32 Å². The van der Waals surface area contributed by atoms with Gasteiger partial charge in [0.25, 0.3) is 0 Å². The van der Waals surface area contributed by atoms with Gasteiger partial charge in [-0.2, -0.15) is 0 Å². The fourth-order valence-electron chi connectivity index (χ4n) is 2.37. The van der Waals surface area contributed by atoms with Gasteiger partial charge >= 0.3 is 0 Å². The minimum atomic E-state index is -0.640. The summed E-state index contributed by atoms with van der Waals surface area (Å²) in [7, 11) is -0.640. The number of rotatable bonds is 6. The maximum atomic E-state index is 11.3. The minimum Gasteiger partial charge on any atom is -0.313 e. The number of halogens is 1. The van der Waals surface area contributed by atoms with Gasteiger partial charge in [-0.05, 0) is 30.4 Å². The SMILES string of the molecule is CCS(=O)CCNC1CC(c2ccccc2Br)C1. The van der Waals surface area contributed by atoms with Crippen molar-refractivity contribution in [3.05, 3.63) is 34.3 Å². The van der Waals surface area contributed by atoms with Gasteiger partial charge in [0.1, 0.15) is 0 Å².